The van der Waals surface area contributed by atoms with Gasteiger partial charge in [0.15, 0.2) is 5.13 Å². The predicted molar refractivity (Wildman–Crippen MR) is 123 cm³/mol. The molecule has 2 aromatic carbocycles. The van der Waals surface area contributed by atoms with Gasteiger partial charge in [-0.15, -0.1) is 11.3 Å². The highest BCUT2D eigenvalue weighted by atomic mass is 32.1. The fourth-order valence-corrected chi connectivity index (χ4v) is 4.51. The van der Waals surface area contributed by atoms with Crippen LogP contribution >= 0.6 is 11.3 Å². The molecule has 0 unspecified atom stereocenters. The number of para-hydroxylation sites is 1. The van der Waals surface area contributed by atoms with Gasteiger partial charge < -0.3 is 15.2 Å². The molecule has 4 rings (SSSR count). The van der Waals surface area contributed by atoms with Crippen molar-refractivity contribution in [1.29, 1.82) is 0 Å². The first-order valence-electron chi connectivity index (χ1n) is 10.4. The van der Waals surface area contributed by atoms with E-state index in [9.17, 15) is 9.90 Å². The Morgan fingerprint density at radius 1 is 1.26 bits per heavy atom. The third-order valence-corrected chi connectivity index (χ3v) is 6.19. The van der Waals surface area contributed by atoms with Gasteiger partial charge in [-0.2, -0.15) is 0 Å². The van der Waals surface area contributed by atoms with E-state index in [1.54, 1.807) is 6.92 Å². The number of thiazole rings is 1. The Kier molecular flexibility index (Phi) is 6.36. The average Bonchev–Trinajstić information content (AvgIpc) is 3.19. The number of benzene rings is 2. The number of nitrogens with zero attached hydrogens (tertiary/aromatic N) is 2. The van der Waals surface area contributed by atoms with Gasteiger partial charge in [0.25, 0.3) is 0 Å². The van der Waals surface area contributed by atoms with Crippen LogP contribution in [-0.2, 0) is 4.79 Å². The van der Waals surface area contributed by atoms with Gasteiger partial charge in [0.2, 0.25) is 5.91 Å². The summed E-state index contributed by atoms with van der Waals surface area (Å²) < 4.78 is 5.99. The zero-order valence-electron chi connectivity index (χ0n) is 17.7. The minimum atomic E-state index is -1.05. The molecule has 162 valence electrons. The Labute approximate surface area is 186 Å². The van der Waals surface area contributed by atoms with E-state index in [1.807, 2.05) is 71.8 Å². The maximum absolute atomic E-state index is 12.6. The summed E-state index contributed by atoms with van der Waals surface area (Å²) in [6.07, 6.45) is 0.328. The zero-order valence-corrected chi connectivity index (χ0v) is 18.6. The van der Waals surface area contributed by atoms with E-state index < -0.39 is 5.60 Å². The first-order chi connectivity index (χ1) is 14.9. The van der Waals surface area contributed by atoms with Crippen molar-refractivity contribution in [2.24, 2.45) is 0 Å². The van der Waals surface area contributed by atoms with Crippen LogP contribution in [0, 0.1) is 6.92 Å². The molecular weight excluding hydrogens is 410 g/mol. The fraction of sp³-hybridized carbons (Fsp3) is 0.333. The molecule has 3 aromatic rings. The lowest BCUT2D eigenvalue weighted by atomic mass is 9.91. The van der Waals surface area contributed by atoms with Gasteiger partial charge in [-0.1, -0.05) is 48.0 Å². The summed E-state index contributed by atoms with van der Waals surface area (Å²) in [6, 6.07) is 17.7. The van der Waals surface area contributed by atoms with Crippen LogP contribution in [0.2, 0.25) is 0 Å². The standard InChI is InChI=1S/C24H27N3O3S/c1-17-8-10-18(11-9-17)20-15-31-23(25-20)26-22(28)14-27-13-12-21(24(2,29)16-27)30-19-6-4-3-5-7-19/h3-11,15,21,29H,12-14,16H2,1-2H3,(H,25,26,28)/t21-,24-/m0/s1. The van der Waals surface area contributed by atoms with E-state index in [1.165, 1.54) is 16.9 Å². The van der Waals surface area contributed by atoms with Crippen LogP contribution in [0.3, 0.4) is 0 Å². The van der Waals surface area contributed by atoms with Crippen LogP contribution in [0.1, 0.15) is 18.9 Å². The molecular formula is C24H27N3O3S. The third-order valence-electron chi connectivity index (χ3n) is 5.43. The molecule has 0 aliphatic carbocycles. The Bertz CT molecular complexity index is 1020. The minimum Gasteiger partial charge on any atom is -0.487 e. The topological polar surface area (TPSA) is 74.7 Å². The number of carbonyl (C=O) groups excluding carboxylic acids is 1. The molecule has 0 spiro atoms. The largest absolute Gasteiger partial charge is 0.487 e. The highest BCUT2D eigenvalue weighted by molar-refractivity contribution is 7.14. The maximum atomic E-state index is 12.6. The van der Waals surface area contributed by atoms with Gasteiger partial charge in [-0.05, 0) is 32.4 Å². The van der Waals surface area contributed by atoms with Crippen LogP contribution in [0.25, 0.3) is 11.3 Å². The second kappa shape index (κ2) is 9.18. The molecule has 1 amide bonds. The minimum absolute atomic E-state index is 0.136. The molecule has 2 heterocycles. The number of hydrogen-bond acceptors (Lipinski definition) is 6. The first-order valence-corrected chi connectivity index (χ1v) is 11.3. The summed E-state index contributed by atoms with van der Waals surface area (Å²) in [5, 5.41) is 16.3. The lowest BCUT2D eigenvalue weighted by molar-refractivity contribution is -0.123. The highest BCUT2D eigenvalue weighted by Crippen LogP contribution is 2.27. The van der Waals surface area contributed by atoms with E-state index >= 15 is 0 Å². The number of anilines is 1. The van der Waals surface area contributed by atoms with Crippen molar-refractivity contribution in [3.63, 3.8) is 0 Å². The smallest absolute Gasteiger partial charge is 0.240 e. The number of aryl methyl sites for hydroxylation is 1. The molecule has 0 saturated carbocycles. The molecule has 7 heteroatoms. The SMILES string of the molecule is Cc1ccc(-c2csc(NC(=O)CN3CC[C@H](Oc4ccccc4)[C@@](C)(O)C3)n2)cc1. The van der Waals surface area contributed by atoms with E-state index in [-0.39, 0.29) is 18.6 Å². The van der Waals surface area contributed by atoms with Crippen molar-refractivity contribution >= 4 is 22.4 Å². The molecule has 1 aliphatic heterocycles. The molecule has 0 radical (unpaired) electrons. The van der Waals surface area contributed by atoms with E-state index in [0.717, 1.165) is 17.0 Å². The number of piperidine rings is 1. The number of nitrogens with one attached hydrogen (secondary N) is 1. The van der Waals surface area contributed by atoms with Crippen molar-refractivity contribution in [2.45, 2.75) is 32.0 Å². The number of likely N-dealkylation sites (tertiary alicyclic amines) is 1. The van der Waals surface area contributed by atoms with Crippen molar-refractivity contribution in [2.75, 3.05) is 25.0 Å². The fourth-order valence-electron chi connectivity index (χ4n) is 3.78. The normalized spacial score (nSPS) is 21.6. The summed E-state index contributed by atoms with van der Waals surface area (Å²) in [6.45, 7) is 5.05. The Balaban J connectivity index is 1.31. The summed E-state index contributed by atoms with van der Waals surface area (Å²) >= 11 is 1.41. The number of β-amino-alcohol motifs (C(OH)–C–C–N with tert-alkyl or cyclic N) is 1. The first kappa shape index (κ1) is 21.5. The molecule has 0 bridgehead atoms. The van der Waals surface area contributed by atoms with E-state index in [4.69, 9.17) is 4.74 Å². The maximum Gasteiger partial charge on any atom is 0.240 e. The van der Waals surface area contributed by atoms with Crippen LogP contribution in [-0.4, -0.2) is 52.2 Å². The number of carbonyl (C=O) groups is 1. The predicted octanol–water partition coefficient (Wildman–Crippen LogP) is 3.96. The molecule has 1 aromatic heterocycles. The van der Waals surface area contributed by atoms with Crippen molar-refractivity contribution < 1.29 is 14.6 Å². The summed E-state index contributed by atoms with van der Waals surface area (Å²) in [7, 11) is 0. The molecule has 1 aliphatic rings. The number of amides is 1. The second-order valence-electron chi connectivity index (χ2n) is 8.23. The summed E-state index contributed by atoms with van der Waals surface area (Å²) in [5.41, 5.74) is 2.02. The van der Waals surface area contributed by atoms with Gasteiger partial charge in [0.1, 0.15) is 17.5 Å². The van der Waals surface area contributed by atoms with Gasteiger partial charge in [-0.3, -0.25) is 9.69 Å². The Morgan fingerprint density at radius 3 is 2.71 bits per heavy atom. The van der Waals surface area contributed by atoms with Crippen LogP contribution in [0.5, 0.6) is 5.75 Å². The number of rotatable bonds is 6. The number of aromatic nitrogens is 1. The molecule has 1 saturated heterocycles. The summed E-state index contributed by atoms with van der Waals surface area (Å²) in [4.78, 5) is 19.0. The molecule has 2 atom stereocenters. The summed E-state index contributed by atoms with van der Waals surface area (Å²) in [5.74, 6) is 0.607. The van der Waals surface area contributed by atoms with Gasteiger partial charge in [-0.25, -0.2) is 4.98 Å². The molecule has 2 N–H and O–H groups in total. The monoisotopic (exact) mass is 437 g/mol. The number of ether oxygens (including phenoxy) is 1. The van der Waals surface area contributed by atoms with Gasteiger partial charge in [0, 0.05) is 24.0 Å². The van der Waals surface area contributed by atoms with Crippen LogP contribution in [0.4, 0.5) is 5.13 Å². The average molecular weight is 438 g/mol. The third kappa shape index (κ3) is 5.50. The van der Waals surface area contributed by atoms with Crippen molar-refractivity contribution in [3.05, 3.63) is 65.5 Å². The second-order valence-corrected chi connectivity index (χ2v) is 9.09. The quantitative estimate of drug-likeness (QED) is 0.611. The van der Waals surface area contributed by atoms with Crippen LogP contribution in [0.15, 0.2) is 60.0 Å². The highest BCUT2D eigenvalue weighted by Gasteiger charge is 2.40. The molecule has 1 fully saturated rings. The van der Waals surface area contributed by atoms with Gasteiger partial charge >= 0.3 is 0 Å². The van der Waals surface area contributed by atoms with Crippen molar-refractivity contribution in [1.82, 2.24) is 9.88 Å². The van der Waals surface area contributed by atoms with Gasteiger partial charge in [0.05, 0.1) is 12.2 Å². The number of aliphatic hydroxyl groups is 1. The molecule has 6 nitrogen and oxygen atoms in total. The lowest BCUT2D eigenvalue weighted by Crippen LogP contribution is -2.58. The molecule has 31 heavy (non-hydrogen) atoms. The zero-order chi connectivity index (χ0) is 21.8. The van der Waals surface area contributed by atoms with E-state index in [0.29, 0.717) is 24.6 Å². The Morgan fingerprint density at radius 2 is 2.00 bits per heavy atom. The van der Waals surface area contributed by atoms with Crippen molar-refractivity contribution in [3.8, 4) is 17.0 Å². The number of hydrogen-bond donors (Lipinski definition) is 2. The lowest BCUT2D eigenvalue weighted by Gasteiger charge is -2.42. The van der Waals surface area contributed by atoms with E-state index in [2.05, 4.69) is 10.3 Å². The van der Waals surface area contributed by atoms with Crippen LogP contribution < -0.4 is 10.1 Å². The Hall–Kier alpha value is -2.74.